The second kappa shape index (κ2) is 11.5. The lowest BCUT2D eigenvalue weighted by Gasteiger charge is -2.35. The van der Waals surface area contributed by atoms with Gasteiger partial charge in [0.25, 0.3) is 0 Å². The summed E-state index contributed by atoms with van der Waals surface area (Å²) in [6.07, 6.45) is 5.13. The monoisotopic (exact) mass is 412 g/mol. The first-order valence-corrected chi connectivity index (χ1v) is 9.26. The van der Waals surface area contributed by atoms with Gasteiger partial charge in [0.2, 0.25) is 0 Å². The van der Waals surface area contributed by atoms with Gasteiger partial charge in [-0.1, -0.05) is 44.7 Å². The molecule has 20 heavy (non-hydrogen) atoms. The molecule has 118 valence electrons. The van der Waals surface area contributed by atoms with Gasteiger partial charge in [-0.2, -0.15) is 0 Å². The van der Waals surface area contributed by atoms with E-state index < -0.39 is 17.4 Å². The molecule has 0 aromatic heterocycles. The van der Waals surface area contributed by atoms with E-state index in [1.54, 1.807) is 0 Å². The minimum atomic E-state index is -1.13. The lowest BCUT2D eigenvalue weighted by atomic mass is 9.74. The van der Waals surface area contributed by atoms with E-state index >= 15 is 0 Å². The third kappa shape index (κ3) is 8.25. The molecule has 6 heteroatoms. The Morgan fingerprint density at radius 2 is 1.25 bits per heavy atom. The molecule has 0 amide bonds. The van der Waals surface area contributed by atoms with Gasteiger partial charge < -0.3 is 19.8 Å². The summed E-state index contributed by atoms with van der Waals surface area (Å²) in [4.78, 5) is 22.1. The van der Waals surface area contributed by atoms with Crippen molar-refractivity contribution in [1.82, 2.24) is 0 Å². The molecule has 0 aliphatic rings. The molecular formula is C14H22Br2O4-2. The minimum absolute atomic E-state index is 0.0914. The Labute approximate surface area is 137 Å². The highest BCUT2D eigenvalue weighted by atomic mass is 79.9. The van der Waals surface area contributed by atoms with Crippen molar-refractivity contribution in [2.45, 2.75) is 57.8 Å². The van der Waals surface area contributed by atoms with Gasteiger partial charge in [-0.3, -0.25) is 0 Å². The lowest BCUT2D eigenvalue weighted by Crippen LogP contribution is -2.42. The number of unbranched alkanes of at least 4 members (excludes halogenated alkanes) is 2. The maximum Gasteiger partial charge on any atom is 0.0476 e. The van der Waals surface area contributed by atoms with E-state index in [9.17, 15) is 19.8 Å². The predicted molar refractivity (Wildman–Crippen MR) is 81.6 cm³/mol. The molecule has 0 aliphatic carbocycles. The zero-order valence-electron chi connectivity index (χ0n) is 11.7. The molecule has 0 atom stereocenters. The van der Waals surface area contributed by atoms with Gasteiger partial charge in [0, 0.05) is 28.0 Å². The summed E-state index contributed by atoms with van der Waals surface area (Å²) in [5, 5.41) is 23.8. The normalized spacial score (nSPS) is 11.5. The maximum absolute atomic E-state index is 11.6. The highest BCUT2D eigenvalue weighted by Crippen LogP contribution is 2.36. The van der Waals surface area contributed by atoms with E-state index in [0.29, 0.717) is 25.7 Å². The first-order valence-electron chi connectivity index (χ1n) is 7.02. The molecule has 0 aromatic carbocycles. The fourth-order valence-corrected chi connectivity index (χ4v) is 3.16. The SMILES string of the molecule is O=C([O-])CCCC(CCCCBr)(CCCCBr)C(=O)[O-]. The molecule has 0 radical (unpaired) electrons. The van der Waals surface area contributed by atoms with E-state index in [-0.39, 0.29) is 6.42 Å². The van der Waals surface area contributed by atoms with Crippen LogP contribution in [0.15, 0.2) is 0 Å². The fraction of sp³-hybridized carbons (Fsp3) is 0.857. The van der Waals surface area contributed by atoms with Crippen LogP contribution >= 0.6 is 31.9 Å². The largest absolute Gasteiger partial charge is 0.550 e. The minimum Gasteiger partial charge on any atom is -0.550 e. The van der Waals surface area contributed by atoms with Crippen molar-refractivity contribution in [2.75, 3.05) is 10.7 Å². The standard InChI is InChI=1S/C14H24Br2O4/c15-10-3-1-7-14(13(19)20,8-2-4-11-16)9-5-6-12(17)18/h1-11H2,(H,17,18)(H,19,20)/p-2. The number of carbonyl (C=O) groups is 2. The molecule has 0 fully saturated rings. The summed E-state index contributed by atoms with van der Waals surface area (Å²) < 4.78 is 0. The van der Waals surface area contributed by atoms with Crippen LogP contribution in [-0.4, -0.2) is 22.6 Å². The second-order valence-corrected chi connectivity index (χ2v) is 6.67. The van der Waals surface area contributed by atoms with Gasteiger partial charge in [-0.25, -0.2) is 0 Å². The molecule has 0 rings (SSSR count). The molecular weight excluding hydrogens is 392 g/mol. The number of hydrogen-bond acceptors (Lipinski definition) is 4. The molecule has 4 nitrogen and oxygen atoms in total. The van der Waals surface area contributed by atoms with Gasteiger partial charge in [0.05, 0.1) is 0 Å². The Kier molecular flexibility index (Phi) is 11.5. The van der Waals surface area contributed by atoms with Crippen LogP contribution in [0.25, 0.3) is 0 Å². The number of carboxylic acids is 2. The summed E-state index contributed by atoms with van der Waals surface area (Å²) >= 11 is 6.67. The molecule has 0 N–H and O–H groups in total. The Balaban J connectivity index is 4.63. The van der Waals surface area contributed by atoms with Crippen LogP contribution in [0.3, 0.4) is 0 Å². The number of carbonyl (C=O) groups excluding carboxylic acids is 2. The van der Waals surface area contributed by atoms with Gasteiger partial charge in [-0.05, 0) is 44.9 Å². The smallest absolute Gasteiger partial charge is 0.0476 e. The summed E-state index contributed by atoms with van der Waals surface area (Å²) in [6, 6.07) is 0. The highest BCUT2D eigenvalue weighted by Gasteiger charge is 2.30. The topological polar surface area (TPSA) is 80.3 Å². The third-order valence-corrected chi connectivity index (χ3v) is 4.67. The van der Waals surface area contributed by atoms with E-state index in [1.165, 1.54) is 0 Å². The number of hydrogen-bond donors (Lipinski definition) is 0. The van der Waals surface area contributed by atoms with Gasteiger partial charge in [0.1, 0.15) is 0 Å². The maximum atomic E-state index is 11.6. The van der Waals surface area contributed by atoms with E-state index in [0.717, 1.165) is 36.3 Å². The number of halogens is 2. The average molecular weight is 414 g/mol. The molecule has 0 heterocycles. The van der Waals surface area contributed by atoms with E-state index in [4.69, 9.17) is 0 Å². The van der Waals surface area contributed by atoms with Gasteiger partial charge >= 0.3 is 0 Å². The van der Waals surface area contributed by atoms with Gasteiger partial charge in [0.15, 0.2) is 0 Å². The summed E-state index contributed by atoms with van der Waals surface area (Å²) in [5.74, 6) is -2.17. The van der Waals surface area contributed by atoms with Crippen molar-refractivity contribution < 1.29 is 19.8 Å². The fourth-order valence-electron chi connectivity index (χ4n) is 2.37. The summed E-state index contributed by atoms with van der Waals surface area (Å²) in [5.41, 5.74) is -0.889. The molecule has 0 saturated carbocycles. The Bertz CT molecular complexity index is 285. The van der Waals surface area contributed by atoms with Crippen molar-refractivity contribution in [1.29, 1.82) is 0 Å². The molecule has 0 spiro atoms. The van der Waals surface area contributed by atoms with Crippen LogP contribution in [-0.2, 0) is 9.59 Å². The molecule has 0 bridgehead atoms. The number of carboxylic acid groups (broad SMARTS) is 2. The Morgan fingerprint density at radius 1 is 0.800 bits per heavy atom. The molecule has 0 aromatic rings. The summed E-state index contributed by atoms with van der Waals surface area (Å²) in [7, 11) is 0. The van der Waals surface area contributed by atoms with Gasteiger partial charge in [-0.15, -0.1) is 0 Å². The quantitative estimate of drug-likeness (QED) is 0.340. The third-order valence-electron chi connectivity index (χ3n) is 3.55. The number of alkyl halides is 2. The highest BCUT2D eigenvalue weighted by molar-refractivity contribution is 9.09. The van der Waals surface area contributed by atoms with Crippen LogP contribution in [0.2, 0.25) is 0 Å². The first kappa shape index (κ1) is 19.9. The number of aliphatic carboxylic acids is 2. The second-order valence-electron chi connectivity index (χ2n) is 5.09. The van der Waals surface area contributed by atoms with Crippen molar-refractivity contribution in [3.05, 3.63) is 0 Å². The van der Waals surface area contributed by atoms with Crippen LogP contribution in [0.4, 0.5) is 0 Å². The van der Waals surface area contributed by atoms with Crippen molar-refractivity contribution in [2.24, 2.45) is 5.41 Å². The van der Waals surface area contributed by atoms with Crippen molar-refractivity contribution in [3.8, 4) is 0 Å². The molecule has 0 aliphatic heterocycles. The first-order chi connectivity index (χ1) is 9.48. The lowest BCUT2D eigenvalue weighted by molar-refractivity contribution is -0.321. The predicted octanol–water partition coefficient (Wildman–Crippen LogP) is 1.77. The van der Waals surface area contributed by atoms with E-state index in [1.807, 2.05) is 0 Å². The van der Waals surface area contributed by atoms with Crippen molar-refractivity contribution in [3.63, 3.8) is 0 Å². The Morgan fingerprint density at radius 3 is 1.60 bits per heavy atom. The van der Waals surface area contributed by atoms with Crippen LogP contribution in [0.1, 0.15) is 57.8 Å². The van der Waals surface area contributed by atoms with Crippen LogP contribution in [0.5, 0.6) is 0 Å². The zero-order valence-corrected chi connectivity index (χ0v) is 14.8. The van der Waals surface area contributed by atoms with Crippen LogP contribution < -0.4 is 10.2 Å². The van der Waals surface area contributed by atoms with Crippen molar-refractivity contribution >= 4 is 43.8 Å². The van der Waals surface area contributed by atoms with Crippen LogP contribution in [0, 0.1) is 5.41 Å². The zero-order chi connectivity index (χ0) is 15.4. The summed E-state index contributed by atoms with van der Waals surface area (Å²) in [6.45, 7) is 0. The number of rotatable bonds is 13. The molecule has 0 unspecified atom stereocenters. The van der Waals surface area contributed by atoms with E-state index in [2.05, 4.69) is 31.9 Å². The average Bonchev–Trinajstić information content (AvgIpc) is 2.38. The Hall–Kier alpha value is -0.100. The molecule has 0 saturated heterocycles.